The highest BCUT2D eigenvalue weighted by molar-refractivity contribution is 6.33. The van der Waals surface area contributed by atoms with Gasteiger partial charge in [0.05, 0.1) is 22.5 Å². The van der Waals surface area contributed by atoms with Crippen LogP contribution >= 0.6 is 11.6 Å². The maximum absolute atomic E-state index is 12.0. The fourth-order valence-corrected chi connectivity index (χ4v) is 2.67. The van der Waals surface area contributed by atoms with Crippen LogP contribution in [0.2, 0.25) is 5.02 Å². The van der Waals surface area contributed by atoms with Crippen LogP contribution in [-0.2, 0) is 0 Å². The molecule has 3 rings (SSSR count). The van der Waals surface area contributed by atoms with Gasteiger partial charge in [0.2, 0.25) is 0 Å². The second-order valence-corrected chi connectivity index (χ2v) is 6.27. The summed E-state index contributed by atoms with van der Waals surface area (Å²) in [5, 5.41) is 14.9. The molecule has 6 nitrogen and oxygen atoms in total. The Morgan fingerprint density at radius 1 is 1.16 bits per heavy atom. The second-order valence-electron chi connectivity index (χ2n) is 5.86. The highest BCUT2D eigenvalue weighted by Gasteiger charge is 2.17. The molecule has 0 aliphatic heterocycles. The minimum Gasteiger partial charge on any atom is -0.507 e. The monoisotopic (exact) mass is 356 g/mol. The molecule has 3 aromatic rings. The van der Waals surface area contributed by atoms with E-state index < -0.39 is 0 Å². The number of para-hydroxylation sites is 1. The van der Waals surface area contributed by atoms with E-state index in [4.69, 9.17) is 17.3 Å². The number of anilines is 1. The first-order valence-corrected chi connectivity index (χ1v) is 8.11. The summed E-state index contributed by atoms with van der Waals surface area (Å²) >= 11 is 6.15. The van der Waals surface area contributed by atoms with Crippen molar-refractivity contribution in [2.75, 3.05) is 5.73 Å². The third kappa shape index (κ3) is 3.21. The summed E-state index contributed by atoms with van der Waals surface area (Å²) < 4.78 is 1.38. The van der Waals surface area contributed by atoms with E-state index in [1.54, 1.807) is 36.4 Å². The molecule has 25 heavy (non-hydrogen) atoms. The van der Waals surface area contributed by atoms with E-state index in [1.165, 1.54) is 10.7 Å². The van der Waals surface area contributed by atoms with Gasteiger partial charge in [0, 0.05) is 17.2 Å². The Hall–Kier alpha value is -2.86. The third-order valence-electron chi connectivity index (χ3n) is 3.75. The smallest absolute Gasteiger partial charge is 0.267 e. The number of benzene rings is 1. The van der Waals surface area contributed by atoms with Gasteiger partial charge in [0.1, 0.15) is 11.6 Å². The first-order valence-electron chi connectivity index (χ1n) is 7.73. The number of pyridine rings is 1. The van der Waals surface area contributed by atoms with E-state index in [2.05, 4.69) is 10.1 Å². The molecule has 0 fully saturated rings. The van der Waals surface area contributed by atoms with E-state index in [-0.39, 0.29) is 28.2 Å². The number of nitrogens with two attached hydrogens (primary N) is 1. The van der Waals surface area contributed by atoms with E-state index in [1.807, 2.05) is 13.8 Å². The number of phenolic OH excluding ortho intramolecular Hbond substituents is 1. The lowest BCUT2D eigenvalue weighted by molar-refractivity contribution is 0.477. The van der Waals surface area contributed by atoms with Crippen LogP contribution in [0.15, 0.2) is 47.3 Å². The summed E-state index contributed by atoms with van der Waals surface area (Å²) in [7, 11) is 0. The molecule has 0 spiro atoms. The molecular formula is C18H17ClN4O2. The molecule has 0 saturated carbocycles. The van der Waals surface area contributed by atoms with Gasteiger partial charge in [-0.25, -0.2) is 9.67 Å². The van der Waals surface area contributed by atoms with Crippen LogP contribution in [0.4, 0.5) is 5.82 Å². The highest BCUT2D eigenvalue weighted by atomic mass is 35.5. The number of aromatic nitrogens is 3. The Balaban J connectivity index is 2.30. The number of nitrogens with zero attached hydrogens (tertiary/aromatic N) is 3. The number of aromatic hydroxyl groups is 1. The van der Waals surface area contributed by atoms with Gasteiger partial charge in [0.15, 0.2) is 0 Å². The van der Waals surface area contributed by atoms with Gasteiger partial charge in [-0.1, -0.05) is 23.7 Å². The highest BCUT2D eigenvalue weighted by Crippen LogP contribution is 2.37. The molecule has 2 heterocycles. The number of nitrogen functional groups attached to an aromatic ring is 1. The van der Waals surface area contributed by atoms with Crippen LogP contribution < -0.4 is 11.3 Å². The van der Waals surface area contributed by atoms with Gasteiger partial charge in [-0.15, -0.1) is 0 Å². The largest absolute Gasteiger partial charge is 0.507 e. The van der Waals surface area contributed by atoms with E-state index >= 15 is 0 Å². The summed E-state index contributed by atoms with van der Waals surface area (Å²) in [6.45, 7) is 3.74. The van der Waals surface area contributed by atoms with Crippen LogP contribution in [0.5, 0.6) is 5.75 Å². The average Bonchev–Trinajstić information content (AvgIpc) is 2.58. The molecule has 0 aliphatic rings. The lowest BCUT2D eigenvalue weighted by Crippen LogP contribution is -2.24. The van der Waals surface area contributed by atoms with E-state index in [0.29, 0.717) is 22.5 Å². The van der Waals surface area contributed by atoms with Gasteiger partial charge in [0.25, 0.3) is 5.56 Å². The minimum absolute atomic E-state index is 0.0650. The fourth-order valence-electron chi connectivity index (χ4n) is 2.52. The quantitative estimate of drug-likeness (QED) is 0.749. The average molecular weight is 357 g/mol. The van der Waals surface area contributed by atoms with Gasteiger partial charge in [-0.2, -0.15) is 5.10 Å². The molecule has 3 N–H and O–H groups in total. The molecule has 7 heteroatoms. The lowest BCUT2D eigenvalue weighted by Gasteiger charge is -2.14. The van der Waals surface area contributed by atoms with Crippen molar-refractivity contribution in [1.82, 2.24) is 14.8 Å². The van der Waals surface area contributed by atoms with Crippen LogP contribution in [0.25, 0.3) is 22.5 Å². The van der Waals surface area contributed by atoms with Crippen molar-refractivity contribution in [2.45, 2.75) is 19.9 Å². The number of rotatable bonds is 3. The maximum atomic E-state index is 12.0. The number of hydrogen-bond donors (Lipinski definition) is 2. The first kappa shape index (κ1) is 17.0. The Labute approximate surface area is 149 Å². The normalized spacial score (nSPS) is 11.0. The molecule has 0 radical (unpaired) electrons. The molecule has 0 unspecified atom stereocenters. The van der Waals surface area contributed by atoms with E-state index in [9.17, 15) is 9.90 Å². The number of hydrogen-bond acceptors (Lipinski definition) is 5. The zero-order valence-corrected chi connectivity index (χ0v) is 14.5. The third-order valence-corrected chi connectivity index (χ3v) is 4.06. The molecule has 0 saturated heterocycles. The molecule has 0 bridgehead atoms. The standard InChI is InChI=1S/C18H17ClN4O2/c1-10(2)23-16(25)8-7-14(22-23)12-9-13(19)18(20)21-17(12)11-5-3-4-6-15(11)24/h3-10,24H,1-2H3,(H2,20,21). The van der Waals surface area contributed by atoms with Crippen LogP contribution in [0.1, 0.15) is 19.9 Å². The van der Waals surface area contributed by atoms with Crippen molar-refractivity contribution >= 4 is 17.4 Å². The zero-order valence-electron chi connectivity index (χ0n) is 13.8. The predicted molar refractivity (Wildman–Crippen MR) is 98.6 cm³/mol. The number of halogens is 1. The van der Waals surface area contributed by atoms with Crippen molar-refractivity contribution in [3.63, 3.8) is 0 Å². The number of phenols is 1. The summed E-state index contributed by atoms with van der Waals surface area (Å²) in [5.74, 6) is 0.219. The van der Waals surface area contributed by atoms with Crippen molar-refractivity contribution in [2.24, 2.45) is 0 Å². The summed E-state index contributed by atoms with van der Waals surface area (Å²) in [6.07, 6.45) is 0. The van der Waals surface area contributed by atoms with Crippen molar-refractivity contribution in [3.8, 4) is 28.3 Å². The SMILES string of the molecule is CC(C)n1nc(-c2cc(Cl)c(N)nc2-c2ccccc2O)ccc1=O. The molecule has 128 valence electrons. The second kappa shape index (κ2) is 6.57. The first-order chi connectivity index (χ1) is 11.9. The Kier molecular flexibility index (Phi) is 4.46. The molecule has 2 aromatic heterocycles. The Morgan fingerprint density at radius 3 is 2.56 bits per heavy atom. The van der Waals surface area contributed by atoms with Gasteiger partial charge in [-0.3, -0.25) is 4.79 Å². The topological polar surface area (TPSA) is 94.0 Å². The Bertz CT molecular complexity index is 999. The molecule has 0 aliphatic carbocycles. The summed E-state index contributed by atoms with van der Waals surface area (Å²) in [4.78, 5) is 16.3. The maximum Gasteiger partial charge on any atom is 0.267 e. The zero-order chi connectivity index (χ0) is 18.1. The van der Waals surface area contributed by atoms with Crippen LogP contribution in [0.3, 0.4) is 0 Å². The van der Waals surface area contributed by atoms with Crippen molar-refractivity contribution < 1.29 is 5.11 Å². The van der Waals surface area contributed by atoms with Crippen molar-refractivity contribution in [1.29, 1.82) is 0 Å². The van der Waals surface area contributed by atoms with E-state index in [0.717, 1.165) is 0 Å². The summed E-state index contributed by atoms with van der Waals surface area (Å²) in [5.41, 5.74) is 7.70. The van der Waals surface area contributed by atoms with Gasteiger partial charge < -0.3 is 10.8 Å². The van der Waals surface area contributed by atoms with Crippen molar-refractivity contribution in [3.05, 3.63) is 57.8 Å². The predicted octanol–water partition coefficient (Wildman–Crippen LogP) is 3.49. The molecule has 0 atom stereocenters. The lowest BCUT2D eigenvalue weighted by atomic mass is 10.0. The fraction of sp³-hybridized carbons (Fsp3) is 0.167. The minimum atomic E-state index is -0.197. The van der Waals surface area contributed by atoms with Gasteiger partial charge in [-0.05, 0) is 38.1 Å². The van der Waals surface area contributed by atoms with Gasteiger partial charge >= 0.3 is 0 Å². The van der Waals surface area contributed by atoms with Crippen LogP contribution in [0, 0.1) is 0 Å². The molecule has 1 aromatic carbocycles. The van der Waals surface area contributed by atoms with Crippen LogP contribution in [-0.4, -0.2) is 19.9 Å². The molecule has 0 amide bonds. The Morgan fingerprint density at radius 2 is 1.88 bits per heavy atom. The summed E-state index contributed by atoms with van der Waals surface area (Å²) in [6, 6.07) is 11.4. The molecular weight excluding hydrogens is 340 g/mol.